The first-order valence-corrected chi connectivity index (χ1v) is 7.85. The summed E-state index contributed by atoms with van der Waals surface area (Å²) in [5, 5.41) is 7.23. The van der Waals surface area contributed by atoms with Crippen LogP contribution in [0.4, 0.5) is 5.82 Å². The minimum absolute atomic E-state index is 0.651. The highest BCUT2D eigenvalue weighted by atomic mass is 15.0. The zero-order chi connectivity index (χ0) is 12.9. The SMILES string of the molecule is c1cnc(NC2CCCC2)c(CC[C@@H]2CCCN2)c1. The average molecular weight is 259 g/mol. The van der Waals surface area contributed by atoms with Gasteiger partial charge in [0, 0.05) is 18.3 Å². The Kier molecular flexibility index (Phi) is 4.34. The van der Waals surface area contributed by atoms with Crippen LogP contribution in [0.15, 0.2) is 18.3 Å². The van der Waals surface area contributed by atoms with E-state index in [1.54, 1.807) is 0 Å². The van der Waals surface area contributed by atoms with Crippen molar-refractivity contribution in [2.24, 2.45) is 0 Å². The molecule has 0 radical (unpaired) electrons. The molecule has 1 saturated heterocycles. The summed E-state index contributed by atoms with van der Waals surface area (Å²) in [5.41, 5.74) is 1.39. The van der Waals surface area contributed by atoms with Crippen LogP contribution in [0.5, 0.6) is 0 Å². The lowest BCUT2D eigenvalue weighted by atomic mass is 10.0. The van der Waals surface area contributed by atoms with Crippen LogP contribution < -0.4 is 10.6 Å². The molecule has 0 aromatic carbocycles. The Morgan fingerprint density at radius 2 is 2.11 bits per heavy atom. The second-order valence-corrected chi connectivity index (χ2v) is 5.97. The van der Waals surface area contributed by atoms with Crippen LogP contribution in [0.2, 0.25) is 0 Å². The van der Waals surface area contributed by atoms with E-state index >= 15 is 0 Å². The second-order valence-electron chi connectivity index (χ2n) is 5.97. The minimum atomic E-state index is 0.651. The number of pyridine rings is 1. The van der Waals surface area contributed by atoms with E-state index in [0.717, 1.165) is 18.3 Å². The number of aryl methyl sites for hydroxylation is 1. The van der Waals surface area contributed by atoms with Crippen molar-refractivity contribution in [1.29, 1.82) is 0 Å². The van der Waals surface area contributed by atoms with Crippen molar-refractivity contribution < 1.29 is 0 Å². The van der Waals surface area contributed by atoms with Crippen LogP contribution in [-0.4, -0.2) is 23.6 Å². The van der Waals surface area contributed by atoms with Crippen LogP contribution >= 0.6 is 0 Å². The maximum Gasteiger partial charge on any atom is 0.129 e. The van der Waals surface area contributed by atoms with Crippen molar-refractivity contribution in [3.63, 3.8) is 0 Å². The van der Waals surface area contributed by atoms with Crippen LogP contribution in [0.3, 0.4) is 0 Å². The summed E-state index contributed by atoms with van der Waals surface area (Å²) in [4.78, 5) is 4.56. The molecule has 1 atom stereocenters. The van der Waals surface area contributed by atoms with Gasteiger partial charge < -0.3 is 10.6 Å². The summed E-state index contributed by atoms with van der Waals surface area (Å²) in [6, 6.07) is 5.68. The molecule has 2 fully saturated rings. The molecule has 0 bridgehead atoms. The number of hydrogen-bond donors (Lipinski definition) is 2. The van der Waals surface area contributed by atoms with Gasteiger partial charge in [0.25, 0.3) is 0 Å². The number of nitrogens with one attached hydrogen (secondary N) is 2. The first kappa shape index (κ1) is 12.9. The Morgan fingerprint density at radius 3 is 2.89 bits per heavy atom. The molecule has 2 aliphatic rings. The molecule has 1 aliphatic carbocycles. The highest BCUT2D eigenvalue weighted by Crippen LogP contribution is 2.24. The third kappa shape index (κ3) is 3.47. The second kappa shape index (κ2) is 6.38. The number of aromatic nitrogens is 1. The van der Waals surface area contributed by atoms with Gasteiger partial charge in [-0.25, -0.2) is 4.98 Å². The molecule has 2 N–H and O–H groups in total. The highest BCUT2D eigenvalue weighted by molar-refractivity contribution is 5.44. The van der Waals surface area contributed by atoms with E-state index < -0.39 is 0 Å². The van der Waals surface area contributed by atoms with Gasteiger partial charge in [0.15, 0.2) is 0 Å². The summed E-state index contributed by atoms with van der Waals surface area (Å²) in [6.45, 7) is 1.20. The van der Waals surface area contributed by atoms with Crippen molar-refractivity contribution in [1.82, 2.24) is 10.3 Å². The molecular weight excluding hydrogens is 234 g/mol. The van der Waals surface area contributed by atoms with E-state index in [4.69, 9.17) is 0 Å². The van der Waals surface area contributed by atoms with Gasteiger partial charge in [0.1, 0.15) is 5.82 Å². The standard InChI is InChI=1S/C16H25N3/c1-2-7-15(6-1)19-16-13(5-3-12-18-16)9-10-14-8-4-11-17-14/h3,5,12,14-15,17H,1-2,4,6-11H2,(H,18,19)/t14-/m0/s1. The Morgan fingerprint density at radius 1 is 1.21 bits per heavy atom. The van der Waals surface area contributed by atoms with Gasteiger partial charge in [-0.05, 0) is 56.7 Å². The molecule has 0 amide bonds. The minimum Gasteiger partial charge on any atom is -0.367 e. The fourth-order valence-electron chi connectivity index (χ4n) is 3.37. The smallest absolute Gasteiger partial charge is 0.129 e. The van der Waals surface area contributed by atoms with Crippen molar-refractivity contribution in [3.8, 4) is 0 Å². The van der Waals surface area contributed by atoms with Crippen molar-refractivity contribution in [2.75, 3.05) is 11.9 Å². The maximum atomic E-state index is 4.56. The van der Waals surface area contributed by atoms with E-state index in [1.807, 2.05) is 6.20 Å². The number of hydrogen-bond acceptors (Lipinski definition) is 3. The molecular formula is C16H25N3. The zero-order valence-electron chi connectivity index (χ0n) is 11.7. The first-order chi connectivity index (χ1) is 9.42. The van der Waals surface area contributed by atoms with E-state index in [-0.39, 0.29) is 0 Å². The summed E-state index contributed by atoms with van der Waals surface area (Å²) < 4.78 is 0. The monoisotopic (exact) mass is 259 g/mol. The van der Waals surface area contributed by atoms with E-state index in [0.29, 0.717) is 6.04 Å². The molecule has 1 saturated carbocycles. The quantitative estimate of drug-likeness (QED) is 0.853. The van der Waals surface area contributed by atoms with Crippen LogP contribution in [0.1, 0.15) is 50.5 Å². The topological polar surface area (TPSA) is 37.0 Å². The van der Waals surface area contributed by atoms with Crippen LogP contribution in [0.25, 0.3) is 0 Å². The van der Waals surface area contributed by atoms with Gasteiger partial charge in [-0.3, -0.25) is 0 Å². The number of rotatable bonds is 5. The molecule has 19 heavy (non-hydrogen) atoms. The van der Waals surface area contributed by atoms with Gasteiger partial charge in [0.2, 0.25) is 0 Å². The maximum absolute atomic E-state index is 4.56. The predicted molar refractivity (Wildman–Crippen MR) is 79.5 cm³/mol. The average Bonchev–Trinajstić information content (AvgIpc) is 3.10. The molecule has 1 aromatic rings. The molecule has 2 heterocycles. The van der Waals surface area contributed by atoms with Gasteiger partial charge in [-0.15, -0.1) is 0 Å². The van der Waals surface area contributed by atoms with E-state index in [2.05, 4.69) is 27.8 Å². The normalized spacial score (nSPS) is 23.9. The van der Waals surface area contributed by atoms with Gasteiger partial charge in [0.05, 0.1) is 0 Å². The Balaban J connectivity index is 1.59. The number of nitrogens with zero attached hydrogens (tertiary/aromatic N) is 1. The largest absolute Gasteiger partial charge is 0.367 e. The third-order valence-corrected chi connectivity index (χ3v) is 4.51. The Labute approximate surface area is 116 Å². The Bertz CT molecular complexity index is 393. The summed E-state index contributed by atoms with van der Waals surface area (Å²) in [7, 11) is 0. The Hall–Kier alpha value is -1.09. The predicted octanol–water partition coefficient (Wildman–Crippen LogP) is 3.12. The van der Waals surface area contributed by atoms with Crippen molar-refractivity contribution in [2.45, 2.75) is 63.5 Å². The molecule has 104 valence electrons. The van der Waals surface area contributed by atoms with E-state index in [1.165, 1.54) is 57.1 Å². The third-order valence-electron chi connectivity index (χ3n) is 4.51. The lowest BCUT2D eigenvalue weighted by molar-refractivity contribution is 0.559. The number of anilines is 1. The molecule has 0 spiro atoms. The lowest BCUT2D eigenvalue weighted by Crippen LogP contribution is -2.22. The molecule has 3 nitrogen and oxygen atoms in total. The fourth-order valence-corrected chi connectivity index (χ4v) is 3.37. The van der Waals surface area contributed by atoms with Crippen molar-refractivity contribution >= 4 is 5.82 Å². The summed E-state index contributed by atoms with van der Waals surface area (Å²) in [6.07, 6.45) is 12.3. The molecule has 1 aromatic heterocycles. The van der Waals surface area contributed by atoms with E-state index in [9.17, 15) is 0 Å². The highest BCUT2D eigenvalue weighted by Gasteiger charge is 2.18. The molecule has 3 rings (SSSR count). The first-order valence-electron chi connectivity index (χ1n) is 7.85. The zero-order valence-corrected chi connectivity index (χ0v) is 11.7. The lowest BCUT2D eigenvalue weighted by Gasteiger charge is -2.17. The van der Waals surface area contributed by atoms with Gasteiger partial charge >= 0.3 is 0 Å². The molecule has 3 heteroatoms. The molecule has 0 unspecified atom stereocenters. The van der Waals surface area contributed by atoms with Gasteiger partial charge in [-0.1, -0.05) is 18.9 Å². The van der Waals surface area contributed by atoms with Crippen molar-refractivity contribution in [3.05, 3.63) is 23.9 Å². The summed E-state index contributed by atoms with van der Waals surface area (Å²) in [5.74, 6) is 1.13. The fraction of sp³-hybridized carbons (Fsp3) is 0.688. The van der Waals surface area contributed by atoms with Crippen LogP contribution in [0, 0.1) is 0 Å². The van der Waals surface area contributed by atoms with Gasteiger partial charge in [-0.2, -0.15) is 0 Å². The summed E-state index contributed by atoms with van der Waals surface area (Å²) >= 11 is 0. The molecule has 1 aliphatic heterocycles. The van der Waals surface area contributed by atoms with Crippen LogP contribution in [-0.2, 0) is 6.42 Å².